The molecule has 5 heteroatoms. The summed E-state index contributed by atoms with van der Waals surface area (Å²) in [4.78, 5) is 26.0. The van der Waals surface area contributed by atoms with Crippen LogP contribution in [0.5, 0.6) is 0 Å². The Bertz CT molecular complexity index is 536. The van der Waals surface area contributed by atoms with E-state index in [4.69, 9.17) is 4.42 Å². The minimum atomic E-state index is -0.0472. The van der Waals surface area contributed by atoms with Gasteiger partial charge in [-0.1, -0.05) is 20.8 Å². The molecule has 0 spiro atoms. The van der Waals surface area contributed by atoms with Gasteiger partial charge in [0.25, 0.3) is 0 Å². The summed E-state index contributed by atoms with van der Waals surface area (Å²) < 4.78 is 5.81. The van der Waals surface area contributed by atoms with Crippen molar-refractivity contribution >= 4 is 11.8 Å². The zero-order valence-corrected chi connectivity index (χ0v) is 14.4. The molecular weight excluding hydrogens is 292 g/mol. The smallest absolute Gasteiger partial charge is 0.242 e. The van der Waals surface area contributed by atoms with E-state index >= 15 is 0 Å². The summed E-state index contributed by atoms with van der Waals surface area (Å²) in [5.74, 6) is 2.22. The molecule has 0 unspecified atom stereocenters. The molecule has 2 amide bonds. The highest BCUT2D eigenvalue weighted by Gasteiger charge is 2.31. The van der Waals surface area contributed by atoms with Crippen molar-refractivity contribution in [2.75, 3.05) is 13.1 Å². The van der Waals surface area contributed by atoms with Gasteiger partial charge in [0.1, 0.15) is 11.5 Å². The van der Waals surface area contributed by atoms with Crippen molar-refractivity contribution in [1.82, 2.24) is 10.2 Å². The van der Waals surface area contributed by atoms with Gasteiger partial charge in [0.2, 0.25) is 11.8 Å². The Morgan fingerprint density at radius 2 is 2.17 bits per heavy atom. The molecule has 0 aromatic carbocycles. The number of likely N-dealkylation sites (tertiary alicyclic amines) is 1. The van der Waals surface area contributed by atoms with E-state index in [1.807, 2.05) is 24.0 Å². The number of nitrogens with one attached hydrogen (secondary N) is 1. The minimum Gasteiger partial charge on any atom is -0.464 e. The maximum absolute atomic E-state index is 12.4. The normalized spacial score (nSPS) is 17.7. The fourth-order valence-corrected chi connectivity index (χ4v) is 2.91. The van der Waals surface area contributed by atoms with Crippen LogP contribution >= 0.6 is 0 Å². The van der Waals surface area contributed by atoms with Gasteiger partial charge in [-0.25, -0.2) is 0 Å². The predicted octanol–water partition coefficient (Wildman–Crippen LogP) is 3.06. The number of furan rings is 1. The molecule has 0 radical (unpaired) electrons. The SMILES string of the molecule is CCc1ccc([C@H]2CCCN2C(=O)CNC(=O)CCC(C)C)o1. The lowest BCUT2D eigenvalue weighted by Crippen LogP contribution is -2.39. The molecule has 0 bridgehead atoms. The first kappa shape index (κ1) is 17.6. The Morgan fingerprint density at radius 3 is 2.83 bits per heavy atom. The second-order valence-electron chi connectivity index (χ2n) is 6.61. The van der Waals surface area contributed by atoms with Gasteiger partial charge >= 0.3 is 0 Å². The number of carbonyl (C=O) groups is 2. The second kappa shape index (κ2) is 8.18. The van der Waals surface area contributed by atoms with E-state index in [2.05, 4.69) is 19.2 Å². The summed E-state index contributed by atoms with van der Waals surface area (Å²) >= 11 is 0. The van der Waals surface area contributed by atoms with Gasteiger partial charge in [-0.05, 0) is 37.3 Å². The fraction of sp³-hybridized carbons (Fsp3) is 0.667. The lowest BCUT2D eigenvalue weighted by molar-refractivity contribution is -0.134. The Labute approximate surface area is 138 Å². The minimum absolute atomic E-state index is 0.00960. The number of hydrogen-bond acceptors (Lipinski definition) is 3. The molecule has 2 rings (SSSR count). The molecular formula is C18H28N2O3. The van der Waals surface area contributed by atoms with Crippen LogP contribution in [0.3, 0.4) is 0 Å². The van der Waals surface area contributed by atoms with Crippen LogP contribution in [0.25, 0.3) is 0 Å². The van der Waals surface area contributed by atoms with Crippen LogP contribution in [-0.4, -0.2) is 29.8 Å². The van der Waals surface area contributed by atoms with Crippen molar-refractivity contribution in [3.05, 3.63) is 23.7 Å². The topological polar surface area (TPSA) is 62.6 Å². The van der Waals surface area contributed by atoms with Crippen LogP contribution in [0.2, 0.25) is 0 Å². The summed E-state index contributed by atoms with van der Waals surface area (Å²) in [7, 11) is 0. The van der Waals surface area contributed by atoms with Crippen LogP contribution in [0.1, 0.15) is 64.0 Å². The average molecular weight is 320 g/mol. The van der Waals surface area contributed by atoms with Crippen molar-refractivity contribution < 1.29 is 14.0 Å². The first-order valence-electron chi connectivity index (χ1n) is 8.66. The molecule has 128 valence electrons. The largest absolute Gasteiger partial charge is 0.464 e. The molecule has 1 aromatic rings. The van der Waals surface area contributed by atoms with Gasteiger partial charge in [0, 0.05) is 19.4 Å². The Balaban J connectivity index is 1.86. The molecule has 1 N–H and O–H groups in total. The van der Waals surface area contributed by atoms with E-state index in [1.165, 1.54) is 0 Å². The zero-order chi connectivity index (χ0) is 16.8. The molecule has 1 fully saturated rings. The highest BCUT2D eigenvalue weighted by molar-refractivity contribution is 5.85. The zero-order valence-electron chi connectivity index (χ0n) is 14.4. The summed E-state index contributed by atoms with van der Waals surface area (Å²) in [5.41, 5.74) is 0. The van der Waals surface area contributed by atoms with E-state index in [0.29, 0.717) is 12.3 Å². The third-order valence-electron chi connectivity index (χ3n) is 4.32. The third-order valence-corrected chi connectivity index (χ3v) is 4.32. The van der Waals surface area contributed by atoms with Crippen molar-refractivity contribution in [2.45, 2.75) is 58.9 Å². The van der Waals surface area contributed by atoms with Crippen molar-refractivity contribution in [3.8, 4) is 0 Å². The number of nitrogens with zero attached hydrogens (tertiary/aromatic N) is 1. The van der Waals surface area contributed by atoms with Crippen LogP contribution < -0.4 is 5.32 Å². The Kier molecular flexibility index (Phi) is 6.25. The first-order valence-corrected chi connectivity index (χ1v) is 8.66. The molecule has 2 heterocycles. The molecule has 1 atom stereocenters. The van der Waals surface area contributed by atoms with Crippen molar-refractivity contribution in [3.63, 3.8) is 0 Å². The molecule has 0 aliphatic carbocycles. The lowest BCUT2D eigenvalue weighted by Gasteiger charge is -2.23. The van der Waals surface area contributed by atoms with Crippen LogP contribution in [0.4, 0.5) is 0 Å². The number of carbonyl (C=O) groups excluding carboxylic acids is 2. The van der Waals surface area contributed by atoms with Crippen LogP contribution in [-0.2, 0) is 16.0 Å². The summed E-state index contributed by atoms with van der Waals surface area (Å²) in [6, 6.07) is 3.95. The van der Waals surface area contributed by atoms with E-state index < -0.39 is 0 Å². The van der Waals surface area contributed by atoms with Gasteiger partial charge in [0.15, 0.2) is 0 Å². The quantitative estimate of drug-likeness (QED) is 0.840. The predicted molar refractivity (Wildman–Crippen MR) is 88.9 cm³/mol. The van der Waals surface area contributed by atoms with Gasteiger partial charge in [-0.15, -0.1) is 0 Å². The highest BCUT2D eigenvalue weighted by atomic mass is 16.3. The molecule has 5 nitrogen and oxygen atoms in total. The molecule has 0 saturated carbocycles. The standard InChI is InChI=1S/C18H28N2O3/c1-4-14-8-9-16(23-14)15-6-5-11-20(15)18(22)12-19-17(21)10-7-13(2)3/h8-9,13,15H,4-7,10-12H2,1-3H3,(H,19,21)/t15-/m1/s1. The Hall–Kier alpha value is -1.78. The molecule has 1 aromatic heterocycles. The van der Waals surface area contributed by atoms with Gasteiger partial charge in [-0.3, -0.25) is 9.59 Å². The lowest BCUT2D eigenvalue weighted by atomic mass is 10.1. The fourth-order valence-electron chi connectivity index (χ4n) is 2.91. The monoisotopic (exact) mass is 320 g/mol. The van der Waals surface area contributed by atoms with Gasteiger partial charge < -0.3 is 14.6 Å². The summed E-state index contributed by atoms with van der Waals surface area (Å²) in [6.07, 6.45) is 4.07. The highest BCUT2D eigenvalue weighted by Crippen LogP contribution is 2.32. The maximum Gasteiger partial charge on any atom is 0.242 e. The van der Waals surface area contributed by atoms with Gasteiger partial charge in [-0.2, -0.15) is 0 Å². The summed E-state index contributed by atoms with van der Waals surface area (Å²) in [5, 5.41) is 2.74. The summed E-state index contributed by atoms with van der Waals surface area (Å²) in [6.45, 7) is 7.03. The average Bonchev–Trinajstić information content (AvgIpc) is 3.18. The molecule has 1 aliphatic rings. The van der Waals surface area contributed by atoms with Crippen molar-refractivity contribution in [1.29, 1.82) is 0 Å². The third kappa shape index (κ3) is 4.85. The van der Waals surface area contributed by atoms with E-state index in [1.54, 1.807) is 0 Å². The van der Waals surface area contributed by atoms with Gasteiger partial charge in [0.05, 0.1) is 12.6 Å². The van der Waals surface area contributed by atoms with E-state index in [0.717, 1.165) is 43.7 Å². The molecule has 23 heavy (non-hydrogen) atoms. The van der Waals surface area contributed by atoms with Crippen molar-refractivity contribution in [2.24, 2.45) is 5.92 Å². The molecule has 1 aliphatic heterocycles. The first-order chi connectivity index (χ1) is 11.0. The van der Waals surface area contributed by atoms with Crippen LogP contribution in [0, 0.1) is 5.92 Å². The number of amides is 2. The number of rotatable bonds is 7. The number of hydrogen-bond donors (Lipinski definition) is 1. The van der Waals surface area contributed by atoms with E-state index in [9.17, 15) is 9.59 Å². The maximum atomic E-state index is 12.4. The number of aryl methyl sites for hydroxylation is 1. The van der Waals surface area contributed by atoms with Crippen LogP contribution in [0.15, 0.2) is 16.5 Å². The molecule has 1 saturated heterocycles. The second-order valence-corrected chi connectivity index (χ2v) is 6.61. The van der Waals surface area contributed by atoms with E-state index in [-0.39, 0.29) is 24.4 Å². The Morgan fingerprint density at radius 1 is 1.39 bits per heavy atom.